The molecule has 0 amide bonds. The largest absolute Gasteiger partial charge is 0.390 e. The van der Waals surface area contributed by atoms with Gasteiger partial charge >= 0.3 is 0 Å². The molecule has 3 nitrogen and oxygen atoms in total. The summed E-state index contributed by atoms with van der Waals surface area (Å²) in [4.78, 5) is 2.83. The first-order valence-electron chi connectivity index (χ1n) is 6.80. The Morgan fingerprint density at radius 2 is 2.21 bits per heavy atom. The highest BCUT2D eigenvalue weighted by Crippen LogP contribution is 2.22. The molecular weight excluding hydrogens is 256 g/mol. The minimum atomic E-state index is -0.505. The number of hydrogen-bond donors (Lipinski definition) is 2. The van der Waals surface area contributed by atoms with Crippen molar-refractivity contribution in [3.05, 3.63) is 35.4 Å². The van der Waals surface area contributed by atoms with E-state index < -0.39 is 5.60 Å². The van der Waals surface area contributed by atoms with E-state index in [1.54, 1.807) is 0 Å². The monoisotopic (exact) mass is 278 g/mol. The van der Waals surface area contributed by atoms with E-state index in [0.717, 1.165) is 44.5 Å². The molecule has 1 aromatic carbocycles. The highest BCUT2D eigenvalue weighted by molar-refractivity contribution is 7.80. The van der Waals surface area contributed by atoms with Crippen LogP contribution >= 0.6 is 12.2 Å². The Hall–Kier alpha value is -0.970. The van der Waals surface area contributed by atoms with Gasteiger partial charge in [0.05, 0.1) is 5.60 Å². The molecule has 1 aliphatic rings. The number of thiocarbonyl (C=S) groups is 1. The van der Waals surface area contributed by atoms with Crippen molar-refractivity contribution in [2.24, 2.45) is 5.73 Å². The summed E-state index contributed by atoms with van der Waals surface area (Å²) in [5.41, 5.74) is 7.31. The number of aliphatic hydroxyl groups is 1. The van der Waals surface area contributed by atoms with Crippen LogP contribution in [0.25, 0.3) is 0 Å². The second-order valence-electron chi connectivity index (χ2n) is 5.69. The van der Waals surface area contributed by atoms with Crippen LogP contribution in [0, 0.1) is 0 Å². The Labute approximate surface area is 120 Å². The molecule has 104 valence electrons. The Morgan fingerprint density at radius 3 is 2.95 bits per heavy atom. The molecule has 0 saturated carbocycles. The fraction of sp³-hybridized carbons (Fsp3) is 0.533. The molecule has 1 aromatic rings. The SMILES string of the molecule is CC1(O)CCCN(Cc2cccc(C(N)=S)c2)CC1. The van der Waals surface area contributed by atoms with Crippen LogP contribution in [-0.4, -0.2) is 33.7 Å². The van der Waals surface area contributed by atoms with Crippen molar-refractivity contribution in [3.63, 3.8) is 0 Å². The summed E-state index contributed by atoms with van der Waals surface area (Å²) in [6.45, 7) is 4.80. The number of benzene rings is 1. The van der Waals surface area contributed by atoms with Gasteiger partial charge in [0.25, 0.3) is 0 Å². The molecule has 1 heterocycles. The van der Waals surface area contributed by atoms with E-state index in [-0.39, 0.29) is 0 Å². The quantitative estimate of drug-likeness (QED) is 0.831. The fourth-order valence-electron chi connectivity index (χ4n) is 2.56. The highest BCUT2D eigenvalue weighted by Gasteiger charge is 2.24. The van der Waals surface area contributed by atoms with E-state index in [1.807, 2.05) is 19.1 Å². The molecule has 0 bridgehead atoms. The van der Waals surface area contributed by atoms with Crippen LogP contribution in [0.5, 0.6) is 0 Å². The normalized spacial score (nSPS) is 24.9. The van der Waals surface area contributed by atoms with Crippen LogP contribution < -0.4 is 5.73 Å². The maximum Gasteiger partial charge on any atom is 0.103 e. The van der Waals surface area contributed by atoms with Crippen LogP contribution in [0.1, 0.15) is 37.3 Å². The zero-order valence-corrected chi connectivity index (χ0v) is 12.2. The Morgan fingerprint density at radius 1 is 1.42 bits per heavy atom. The molecule has 0 spiro atoms. The lowest BCUT2D eigenvalue weighted by atomic mass is 9.98. The topological polar surface area (TPSA) is 49.5 Å². The lowest BCUT2D eigenvalue weighted by molar-refractivity contribution is 0.0444. The summed E-state index contributed by atoms with van der Waals surface area (Å²) in [6.07, 6.45) is 2.76. The maximum absolute atomic E-state index is 10.1. The van der Waals surface area contributed by atoms with E-state index in [0.29, 0.717) is 4.99 Å². The molecule has 1 aliphatic heterocycles. The summed E-state index contributed by atoms with van der Waals surface area (Å²) in [7, 11) is 0. The maximum atomic E-state index is 10.1. The first-order valence-corrected chi connectivity index (χ1v) is 7.21. The lowest BCUT2D eigenvalue weighted by Gasteiger charge is -2.22. The summed E-state index contributed by atoms with van der Waals surface area (Å²) in [5, 5.41) is 10.1. The Balaban J connectivity index is 2.01. The van der Waals surface area contributed by atoms with Crippen LogP contribution in [0.15, 0.2) is 24.3 Å². The molecule has 0 aliphatic carbocycles. The molecular formula is C15H22N2OS. The van der Waals surface area contributed by atoms with Gasteiger partial charge in [-0.05, 0) is 44.4 Å². The summed E-state index contributed by atoms with van der Waals surface area (Å²) < 4.78 is 0. The van der Waals surface area contributed by atoms with Crippen molar-refractivity contribution in [2.45, 2.75) is 38.3 Å². The van der Waals surface area contributed by atoms with Gasteiger partial charge in [0.1, 0.15) is 4.99 Å². The first-order chi connectivity index (χ1) is 8.96. The van der Waals surface area contributed by atoms with Gasteiger partial charge in [-0.3, -0.25) is 4.90 Å². The zero-order valence-electron chi connectivity index (χ0n) is 11.4. The predicted octanol–water partition coefficient (Wildman–Crippen LogP) is 2.06. The predicted molar refractivity (Wildman–Crippen MR) is 82.1 cm³/mol. The lowest BCUT2D eigenvalue weighted by Crippen LogP contribution is -2.28. The third kappa shape index (κ3) is 4.27. The Kier molecular flexibility index (Phi) is 4.55. The molecule has 1 fully saturated rings. The number of nitrogens with two attached hydrogens (primary N) is 1. The van der Waals surface area contributed by atoms with Gasteiger partial charge in [-0.15, -0.1) is 0 Å². The van der Waals surface area contributed by atoms with Gasteiger partial charge in [0.15, 0.2) is 0 Å². The van der Waals surface area contributed by atoms with Crippen molar-refractivity contribution in [3.8, 4) is 0 Å². The van der Waals surface area contributed by atoms with Crippen LogP contribution in [0.4, 0.5) is 0 Å². The molecule has 1 saturated heterocycles. The number of likely N-dealkylation sites (tertiary alicyclic amines) is 1. The van der Waals surface area contributed by atoms with E-state index in [1.165, 1.54) is 5.56 Å². The van der Waals surface area contributed by atoms with Gasteiger partial charge in [0, 0.05) is 18.7 Å². The smallest absolute Gasteiger partial charge is 0.103 e. The minimum absolute atomic E-state index is 0.445. The first kappa shape index (κ1) is 14.4. The van der Waals surface area contributed by atoms with Gasteiger partial charge in [-0.2, -0.15) is 0 Å². The third-order valence-corrected chi connectivity index (χ3v) is 4.01. The molecule has 1 unspecified atom stereocenters. The van der Waals surface area contributed by atoms with Crippen molar-refractivity contribution >= 4 is 17.2 Å². The minimum Gasteiger partial charge on any atom is -0.390 e. The van der Waals surface area contributed by atoms with Crippen LogP contribution in [-0.2, 0) is 6.54 Å². The summed E-state index contributed by atoms with van der Waals surface area (Å²) >= 11 is 5.01. The van der Waals surface area contributed by atoms with Crippen LogP contribution in [0.2, 0.25) is 0 Å². The van der Waals surface area contributed by atoms with Gasteiger partial charge in [-0.25, -0.2) is 0 Å². The van der Waals surface area contributed by atoms with Gasteiger partial charge in [0.2, 0.25) is 0 Å². The van der Waals surface area contributed by atoms with Crippen molar-refractivity contribution in [1.29, 1.82) is 0 Å². The number of hydrogen-bond acceptors (Lipinski definition) is 3. The molecule has 0 radical (unpaired) electrons. The highest BCUT2D eigenvalue weighted by atomic mass is 32.1. The van der Waals surface area contributed by atoms with Gasteiger partial charge < -0.3 is 10.8 Å². The summed E-state index contributed by atoms with van der Waals surface area (Å²) in [5.74, 6) is 0. The van der Waals surface area contributed by atoms with E-state index >= 15 is 0 Å². The van der Waals surface area contributed by atoms with Crippen LogP contribution in [0.3, 0.4) is 0 Å². The second kappa shape index (κ2) is 5.99. The molecule has 4 heteroatoms. The fourth-order valence-corrected chi connectivity index (χ4v) is 2.69. The molecule has 1 atom stereocenters. The standard InChI is InChI=1S/C15H22N2OS/c1-15(18)6-3-8-17(9-7-15)11-12-4-2-5-13(10-12)14(16)19/h2,4-5,10,18H,3,6-9,11H2,1H3,(H2,16,19). The molecule has 3 N–H and O–H groups in total. The Bertz CT molecular complexity index is 459. The number of nitrogens with zero attached hydrogens (tertiary/aromatic N) is 1. The average Bonchev–Trinajstić information content (AvgIpc) is 2.51. The van der Waals surface area contributed by atoms with Gasteiger partial charge in [-0.1, -0.05) is 30.4 Å². The summed E-state index contributed by atoms with van der Waals surface area (Å²) in [6, 6.07) is 8.10. The second-order valence-corrected chi connectivity index (χ2v) is 6.13. The number of rotatable bonds is 3. The average molecular weight is 278 g/mol. The zero-order chi connectivity index (χ0) is 13.9. The van der Waals surface area contributed by atoms with Crippen molar-refractivity contribution in [2.75, 3.05) is 13.1 Å². The van der Waals surface area contributed by atoms with E-state index in [9.17, 15) is 5.11 Å². The van der Waals surface area contributed by atoms with Crippen molar-refractivity contribution < 1.29 is 5.11 Å². The molecule has 19 heavy (non-hydrogen) atoms. The molecule has 2 rings (SSSR count). The third-order valence-electron chi connectivity index (χ3n) is 3.77. The van der Waals surface area contributed by atoms with E-state index in [2.05, 4.69) is 17.0 Å². The molecule has 0 aromatic heterocycles. The van der Waals surface area contributed by atoms with Crippen molar-refractivity contribution in [1.82, 2.24) is 4.90 Å². The van der Waals surface area contributed by atoms with E-state index in [4.69, 9.17) is 18.0 Å².